The number of hydrogen-bond acceptors (Lipinski definition) is 5. The Bertz CT molecular complexity index is 1160. The molecule has 4 rings (SSSR count). The van der Waals surface area contributed by atoms with E-state index >= 15 is 0 Å². The fourth-order valence-corrected chi connectivity index (χ4v) is 5.73. The largest absolute Gasteiger partial charge is 0.321 e. The molecular weight excluding hydrogens is 452 g/mol. The topological polar surface area (TPSA) is 99.2 Å². The lowest BCUT2D eigenvalue weighted by atomic mass is 10.1. The molecule has 0 unspecified atom stereocenters. The van der Waals surface area contributed by atoms with Crippen LogP contribution in [0.4, 0.5) is 11.4 Å². The van der Waals surface area contributed by atoms with Gasteiger partial charge in [0.05, 0.1) is 10.7 Å². The summed E-state index contributed by atoms with van der Waals surface area (Å²) in [6.07, 6.45) is 2.96. The molecule has 2 aliphatic heterocycles. The first kappa shape index (κ1) is 22.4. The van der Waals surface area contributed by atoms with Gasteiger partial charge in [0, 0.05) is 31.6 Å². The molecule has 1 N–H and O–H groups in total. The fourth-order valence-electron chi connectivity index (χ4n) is 3.71. The Hall–Kier alpha value is -2.75. The minimum Gasteiger partial charge on any atom is -0.321 e. The molecule has 2 heterocycles. The summed E-state index contributed by atoms with van der Waals surface area (Å²) < 4.78 is 27.5. The summed E-state index contributed by atoms with van der Waals surface area (Å²) in [6, 6.07) is 13.2. The van der Waals surface area contributed by atoms with Crippen molar-refractivity contribution in [3.05, 3.63) is 53.6 Å². The highest BCUT2D eigenvalue weighted by atomic mass is 35.5. The first-order valence-electron chi connectivity index (χ1n) is 10.4. The van der Waals surface area contributed by atoms with Crippen molar-refractivity contribution in [1.82, 2.24) is 4.31 Å². The van der Waals surface area contributed by atoms with Crippen molar-refractivity contribution < 1.29 is 18.0 Å². The van der Waals surface area contributed by atoms with Gasteiger partial charge in [-0.1, -0.05) is 36.2 Å². The molecule has 2 aromatic carbocycles. The number of halogens is 1. The highest BCUT2D eigenvalue weighted by molar-refractivity contribution is 7.89. The molecule has 10 heteroatoms. The van der Waals surface area contributed by atoms with E-state index in [1.54, 1.807) is 30.3 Å². The number of hydrazone groups is 1. The quantitative estimate of drug-likeness (QED) is 0.715. The van der Waals surface area contributed by atoms with Crippen LogP contribution < -0.4 is 10.3 Å². The average molecular weight is 475 g/mol. The molecule has 2 aromatic rings. The zero-order valence-corrected chi connectivity index (χ0v) is 18.9. The van der Waals surface area contributed by atoms with Gasteiger partial charge in [-0.25, -0.2) is 13.4 Å². The lowest BCUT2D eigenvalue weighted by Crippen LogP contribution is -2.36. The Morgan fingerprint density at radius 1 is 1.00 bits per heavy atom. The molecule has 0 saturated carbocycles. The number of nitrogens with one attached hydrogen (secondary N) is 1. The third kappa shape index (κ3) is 4.69. The fraction of sp³-hybridized carbons (Fsp3) is 0.318. The molecule has 2 amide bonds. The Morgan fingerprint density at radius 3 is 2.44 bits per heavy atom. The van der Waals surface area contributed by atoms with Crippen LogP contribution in [-0.4, -0.2) is 43.3 Å². The molecule has 0 aromatic heterocycles. The van der Waals surface area contributed by atoms with Crippen LogP contribution in [0.2, 0.25) is 5.02 Å². The van der Waals surface area contributed by atoms with Gasteiger partial charge in [0.2, 0.25) is 15.9 Å². The lowest BCUT2D eigenvalue weighted by molar-refractivity contribution is -0.118. The Balaban J connectivity index is 1.56. The number of hydrogen-bond donors (Lipinski definition) is 1. The Labute approximate surface area is 191 Å². The number of amides is 2. The molecule has 2 aliphatic rings. The molecule has 0 radical (unpaired) electrons. The van der Waals surface area contributed by atoms with Crippen molar-refractivity contribution in [3.8, 4) is 0 Å². The van der Waals surface area contributed by atoms with Crippen LogP contribution in [-0.2, 0) is 19.6 Å². The van der Waals surface area contributed by atoms with E-state index in [1.165, 1.54) is 21.4 Å². The summed E-state index contributed by atoms with van der Waals surface area (Å²) in [4.78, 5) is 25.1. The number of sulfonamides is 1. The number of piperidine rings is 1. The number of rotatable bonds is 5. The third-order valence-corrected chi connectivity index (χ3v) is 7.80. The van der Waals surface area contributed by atoms with Gasteiger partial charge >= 0.3 is 0 Å². The summed E-state index contributed by atoms with van der Waals surface area (Å²) in [5, 5.41) is 8.24. The molecule has 32 heavy (non-hydrogen) atoms. The predicted octanol–water partition coefficient (Wildman–Crippen LogP) is 3.64. The van der Waals surface area contributed by atoms with E-state index in [2.05, 4.69) is 10.4 Å². The minimum atomic E-state index is -3.76. The predicted molar refractivity (Wildman–Crippen MR) is 123 cm³/mol. The second-order valence-corrected chi connectivity index (χ2v) is 9.97. The highest BCUT2D eigenvalue weighted by Gasteiger charge is 2.29. The van der Waals surface area contributed by atoms with E-state index in [4.69, 9.17) is 11.6 Å². The van der Waals surface area contributed by atoms with Crippen molar-refractivity contribution in [1.29, 1.82) is 0 Å². The van der Waals surface area contributed by atoms with Gasteiger partial charge in [-0.2, -0.15) is 9.41 Å². The van der Waals surface area contributed by atoms with Crippen LogP contribution in [0.25, 0.3) is 0 Å². The SMILES string of the molecule is O=C(Nc1ccc(Cl)c(S(=O)(=O)N2CCCCC2)c1)C1=NN(c2ccccc2)C(=O)CC1. The molecule has 8 nitrogen and oxygen atoms in total. The maximum atomic E-state index is 13.0. The molecule has 0 atom stereocenters. The molecular formula is C22H23ClN4O4S. The molecule has 1 fully saturated rings. The first-order chi connectivity index (χ1) is 15.4. The van der Waals surface area contributed by atoms with Crippen LogP contribution in [0.5, 0.6) is 0 Å². The lowest BCUT2D eigenvalue weighted by Gasteiger charge is -2.26. The van der Waals surface area contributed by atoms with E-state index in [9.17, 15) is 18.0 Å². The van der Waals surface area contributed by atoms with Crippen LogP contribution in [0, 0.1) is 0 Å². The second kappa shape index (κ2) is 9.40. The average Bonchev–Trinajstić information content (AvgIpc) is 2.81. The zero-order chi connectivity index (χ0) is 22.7. The van der Waals surface area contributed by atoms with Gasteiger partial charge < -0.3 is 5.32 Å². The normalized spacial score (nSPS) is 17.7. The van der Waals surface area contributed by atoms with Crippen LogP contribution in [0.1, 0.15) is 32.1 Å². The van der Waals surface area contributed by atoms with Crippen molar-refractivity contribution in [3.63, 3.8) is 0 Å². The highest BCUT2D eigenvalue weighted by Crippen LogP contribution is 2.29. The molecule has 1 saturated heterocycles. The molecule has 0 spiro atoms. The van der Waals surface area contributed by atoms with Crippen molar-refractivity contribution in [2.24, 2.45) is 5.10 Å². The minimum absolute atomic E-state index is 0.0365. The number of nitrogens with zero attached hydrogens (tertiary/aromatic N) is 3. The van der Waals surface area contributed by atoms with Gasteiger partial charge in [-0.3, -0.25) is 9.59 Å². The molecule has 168 valence electrons. The van der Waals surface area contributed by atoms with Gasteiger partial charge in [-0.05, 0) is 43.2 Å². The van der Waals surface area contributed by atoms with Crippen molar-refractivity contribution in [2.75, 3.05) is 23.4 Å². The summed E-state index contributed by atoms with van der Waals surface area (Å²) in [7, 11) is -3.76. The number of para-hydroxylation sites is 1. The Kier molecular flexibility index (Phi) is 6.59. The van der Waals surface area contributed by atoms with Gasteiger partial charge in [0.25, 0.3) is 5.91 Å². The van der Waals surface area contributed by atoms with Crippen LogP contribution in [0.3, 0.4) is 0 Å². The third-order valence-electron chi connectivity index (χ3n) is 5.42. The maximum Gasteiger partial charge on any atom is 0.271 e. The maximum absolute atomic E-state index is 13.0. The molecule has 0 aliphatic carbocycles. The summed E-state index contributed by atoms with van der Waals surface area (Å²) in [6.45, 7) is 0.908. The van der Waals surface area contributed by atoms with Crippen molar-refractivity contribution in [2.45, 2.75) is 37.0 Å². The van der Waals surface area contributed by atoms with Crippen LogP contribution >= 0.6 is 11.6 Å². The van der Waals surface area contributed by atoms with Gasteiger partial charge in [0.15, 0.2) is 0 Å². The standard InChI is InChI=1S/C22H23ClN4O4S/c23-18-10-9-16(15-20(18)32(30,31)26-13-5-2-6-14-26)24-22(29)19-11-12-21(28)27(25-19)17-7-3-1-4-8-17/h1,3-4,7-10,15H,2,5-6,11-14H2,(H,24,29). The number of carbonyl (C=O) groups excluding carboxylic acids is 2. The van der Waals surface area contributed by atoms with E-state index < -0.39 is 15.9 Å². The van der Waals surface area contributed by atoms with E-state index in [1.807, 2.05) is 6.07 Å². The van der Waals surface area contributed by atoms with Crippen LogP contribution in [0.15, 0.2) is 58.5 Å². The van der Waals surface area contributed by atoms with Gasteiger partial charge in [-0.15, -0.1) is 0 Å². The van der Waals surface area contributed by atoms with E-state index in [0.717, 1.165) is 19.3 Å². The smallest absolute Gasteiger partial charge is 0.271 e. The van der Waals surface area contributed by atoms with Crippen molar-refractivity contribution >= 4 is 50.5 Å². The number of anilines is 2. The monoisotopic (exact) mass is 474 g/mol. The number of benzene rings is 2. The van der Waals surface area contributed by atoms with E-state index in [0.29, 0.717) is 24.5 Å². The summed E-state index contributed by atoms with van der Waals surface area (Å²) in [5.74, 6) is -0.698. The zero-order valence-electron chi connectivity index (χ0n) is 17.3. The first-order valence-corrected chi connectivity index (χ1v) is 12.2. The van der Waals surface area contributed by atoms with E-state index in [-0.39, 0.29) is 34.4 Å². The Morgan fingerprint density at radius 2 is 1.72 bits per heavy atom. The summed E-state index contributed by atoms with van der Waals surface area (Å²) >= 11 is 6.20. The second-order valence-electron chi connectivity index (χ2n) is 7.65. The van der Waals surface area contributed by atoms with Gasteiger partial charge in [0.1, 0.15) is 10.6 Å². The molecule has 0 bridgehead atoms. The summed E-state index contributed by atoms with van der Waals surface area (Å²) in [5.41, 5.74) is 1.05. The number of carbonyl (C=O) groups is 2.